The molecule has 0 saturated heterocycles. The number of aliphatic hydroxyl groups is 1. The van der Waals surface area contributed by atoms with Crippen molar-refractivity contribution in [3.8, 4) is 0 Å². The van der Waals surface area contributed by atoms with E-state index in [1.54, 1.807) is 0 Å². The normalized spacial score (nSPS) is 33.6. The summed E-state index contributed by atoms with van der Waals surface area (Å²) in [6.45, 7) is 3.43. The van der Waals surface area contributed by atoms with Crippen LogP contribution in [0.3, 0.4) is 0 Å². The molecular formula is C12H23NO. The van der Waals surface area contributed by atoms with Crippen LogP contribution < -0.4 is 0 Å². The third-order valence-electron chi connectivity index (χ3n) is 3.90. The molecule has 2 nitrogen and oxygen atoms in total. The molecule has 0 spiro atoms. The molecule has 14 heavy (non-hydrogen) atoms. The molecule has 2 rings (SSSR count). The van der Waals surface area contributed by atoms with E-state index in [1.807, 2.05) is 0 Å². The van der Waals surface area contributed by atoms with Crippen molar-refractivity contribution in [2.75, 3.05) is 6.54 Å². The quantitative estimate of drug-likeness (QED) is 0.746. The van der Waals surface area contributed by atoms with E-state index in [4.69, 9.17) is 0 Å². The van der Waals surface area contributed by atoms with Crippen LogP contribution in [0, 0.1) is 0 Å². The van der Waals surface area contributed by atoms with Crippen molar-refractivity contribution in [3.05, 3.63) is 0 Å². The first-order valence-corrected chi connectivity index (χ1v) is 6.26. The van der Waals surface area contributed by atoms with Gasteiger partial charge in [-0.15, -0.1) is 0 Å². The van der Waals surface area contributed by atoms with Gasteiger partial charge in [0.05, 0.1) is 6.10 Å². The van der Waals surface area contributed by atoms with E-state index in [2.05, 4.69) is 11.8 Å². The van der Waals surface area contributed by atoms with Crippen LogP contribution in [0.5, 0.6) is 0 Å². The standard InChI is InChI=1S/C12H23NO/c1-2-9-13(10-5-3-6-10)11-7-4-8-12(11)14/h10-12,14H,2-9H2,1H3/t11-,12-/m1/s1. The Morgan fingerprint density at radius 2 is 1.86 bits per heavy atom. The van der Waals surface area contributed by atoms with Gasteiger partial charge in [0.2, 0.25) is 0 Å². The molecule has 0 unspecified atom stereocenters. The van der Waals surface area contributed by atoms with Crippen molar-refractivity contribution in [1.29, 1.82) is 0 Å². The Morgan fingerprint density at radius 1 is 1.14 bits per heavy atom. The summed E-state index contributed by atoms with van der Waals surface area (Å²) in [4.78, 5) is 2.60. The number of nitrogens with zero attached hydrogens (tertiary/aromatic N) is 1. The van der Waals surface area contributed by atoms with E-state index in [9.17, 15) is 5.11 Å². The molecule has 2 fully saturated rings. The second kappa shape index (κ2) is 4.63. The molecule has 0 aromatic heterocycles. The van der Waals surface area contributed by atoms with Crippen molar-refractivity contribution >= 4 is 0 Å². The van der Waals surface area contributed by atoms with Crippen LogP contribution in [-0.4, -0.2) is 34.7 Å². The summed E-state index contributed by atoms with van der Waals surface area (Å²) >= 11 is 0. The Balaban J connectivity index is 1.93. The first-order valence-electron chi connectivity index (χ1n) is 6.26. The van der Waals surface area contributed by atoms with Crippen LogP contribution in [-0.2, 0) is 0 Å². The zero-order chi connectivity index (χ0) is 9.97. The van der Waals surface area contributed by atoms with E-state index in [-0.39, 0.29) is 6.10 Å². The summed E-state index contributed by atoms with van der Waals surface area (Å²) in [5.41, 5.74) is 0. The molecule has 0 aliphatic heterocycles. The SMILES string of the molecule is CCCN(C1CCC1)[C@@H]1CCC[C@H]1O. The number of hydrogen-bond acceptors (Lipinski definition) is 2. The van der Waals surface area contributed by atoms with Crippen molar-refractivity contribution in [2.45, 2.75) is 70.1 Å². The van der Waals surface area contributed by atoms with Crippen LogP contribution in [0.4, 0.5) is 0 Å². The van der Waals surface area contributed by atoms with Crippen LogP contribution in [0.2, 0.25) is 0 Å². The summed E-state index contributed by atoms with van der Waals surface area (Å²) < 4.78 is 0. The summed E-state index contributed by atoms with van der Waals surface area (Å²) in [6.07, 6.45) is 8.77. The minimum Gasteiger partial charge on any atom is -0.391 e. The lowest BCUT2D eigenvalue weighted by Crippen LogP contribution is -2.49. The first kappa shape index (κ1) is 10.4. The monoisotopic (exact) mass is 197 g/mol. The second-order valence-corrected chi connectivity index (χ2v) is 4.89. The van der Waals surface area contributed by atoms with Gasteiger partial charge in [-0.3, -0.25) is 4.90 Å². The van der Waals surface area contributed by atoms with Crippen LogP contribution in [0.15, 0.2) is 0 Å². The van der Waals surface area contributed by atoms with Gasteiger partial charge in [-0.05, 0) is 45.1 Å². The molecule has 0 radical (unpaired) electrons. The molecule has 2 saturated carbocycles. The summed E-state index contributed by atoms with van der Waals surface area (Å²) in [7, 11) is 0. The molecule has 0 bridgehead atoms. The zero-order valence-electron chi connectivity index (χ0n) is 9.28. The lowest BCUT2D eigenvalue weighted by Gasteiger charge is -2.42. The van der Waals surface area contributed by atoms with Crippen molar-refractivity contribution in [3.63, 3.8) is 0 Å². The Labute approximate surface area is 87.3 Å². The molecule has 2 heteroatoms. The molecule has 0 aromatic rings. The highest BCUT2D eigenvalue weighted by molar-refractivity contribution is 4.91. The maximum Gasteiger partial charge on any atom is 0.0695 e. The van der Waals surface area contributed by atoms with Crippen molar-refractivity contribution in [1.82, 2.24) is 4.90 Å². The molecule has 0 heterocycles. The van der Waals surface area contributed by atoms with E-state index in [0.717, 1.165) is 12.5 Å². The van der Waals surface area contributed by atoms with Gasteiger partial charge in [0.15, 0.2) is 0 Å². The average Bonchev–Trinajstić information content (AvgIpc) is 2.47. The Bertz CT molecular complexity index is 179. The molecule has 2 atom stereocenters. The maximum absolute atomic E-state index is 9.91. The Morgan fingerprint density at radius 3 is 2.29 bits per heavy atom. The van der Waals surface area contributed by atoms with Gasteiger partial charge in [0.25, 0.3) is 0 Å². The predicted octanol–water partition coefficient (Wildman–Crippen LogP) is 2.16. The molecule has 0 amide bonds. The van der Waals surface area contributed by atoms with Gasteiger partial charge in [0.1, 0.15) is 0 Å². The highest BCUT2D eigenvalue weighted by Crippen LogP contribution is 2.32. The summed E-state index contributed by atoms with van der Waals surface area (Å²) in [5.74, 6) is 0. The Kier molecular flexibility index (Phi) is 3.45. The maximum atomic E-state index is 9.91. The third kappa shape index (κ3) is 1.96. The minimum atomic E-state index is -0.0397. The van der Waals surface area contributed by atoms with Gasteiger partial charge in [-0.2, -0.15) is 0 Å². The lowest BCUT2D eigenvalue weighted by molar-refractivity contribution is 0.0175. The van der Waals surface area contributed by atoms with Gasteiger partial charge in [0, 0.05) is 12.1 Å². The molecule has 0 aromatic carbocycles. The highest BCUT2D eigenvalue weighted by atomic mass is 16.3. The first-order chi connectivity index (χ1) is 6.83. The lowest BCUT2D eigenvalue weighted by atomic mass is 9.89. The highest BCUT2D eigenvalue weighted by Gasteiger charge is 2.35. The smallest absolute Gasteiger partial charge is 0.0695 e. The average molecular weight is 197 g/mol. The molecule has 2 aliphatic rings. The van der Waals surface area contributed by atoms with Gasteiger partial charge in [-0.1, -0.05) is 13.3 Å². The van der Waals surface area contributed by atoms with E-state index in [0.29, 0.717) is 6.04 Å². The largest absolute Gasteiger partial charge is 0.391 e. The molecule has 2 aliphatic carbocycles. The van der Waals surface area contributed by atoms with Crippen LogP contribution in [0.1, 0.15) is 51.9 Å². The molecule has 82 valence electrons. The van der Waals surface area contributed by atoms with Crippen LogP contribution in [0.25, 0.3) is 0 Å². The fraction of sp³-hybridized carbons (Fsp3) is 1.00. The van der Waals surface area contributed by atoms with E-state index in [1.165, 1.54) is 45.1 Å². The minimum absolute atomic E-state index is 0.0397. The number of rotatable bonds is 4. The van der Waals surface area contributed by atoms with Crippen LogP contribution >= 0.6 is 0 Å². The molecular weight excluding hydrogens is 174 g/mol. The van der Waals surface area contributed by atoms with Gasteiger partial charge < -0.3 is 5.11 Å². The van der Waals surface area contributed by atoms with Gasteiger partial charge >= 0.3 is 0 Å². The fourth-order valence-corrected chi connectivity index (χ4v) is 2.90. The van der Waals surface area contributed by atoms with Crippen molar-refractivity contribution < 1.29 is 5.11 Å². The summed E-state index contributed by atoms with van der Waals surface area (Å²) in [5, 5.41) is 9.91. The number of hydrogen-bond donors (Lipinski definition) is 1. The topological polar surface area (TPSA) is 23.5 Å². The summed E-state index contributed by atoms with van der Waals surface area (Å²) in [6, 6.07) is 1.29. The molecule has 1 N–H and O–H groups in total. The van der Waals surface area contributed by atoms with Crippen molar-refractivity contribution in [2.24, 2.45) is 0 Å². The third-order valence-corrected chi connectivity index (χ3v) is 3.90. The second-order valence-electron chi connectivity index (χ2n) is 4.89. The number of aliphatic hydroxyl groups excluding tert-OH is 1. The van der Waals surface area contributed by atoms with E-state index < -0.39 is 0 Å². The predicted molar refractivity (Wildman–Crippen MR) is 58.3 cm³/mol. The van der Waals surface area contributed by atoms with Gasteiger partial charge in [-0.25, -0.2) is 0 Å². The fourth-order valence-electron chi connectivity index (χ4n) is 2.90. The van der Waals surface area contributed by atoms with E-state index >= 15 is 0 Å². The Hall–Kier alpha value is -0.0800. The zero-order valence-corrected chi connectivity index (χ0v) is 9.28.